The minimum absolute atomic E-state index is 0.184. The van der Waals surface area contributed by atoms with Gasteiger partial charge in [0.1, 0.15) is 11.4 Å². The lowest BCUT2D eigenvalue weighted by Crippen LogP contribution is -2.10. The molecule has 0 aliphatic rings. The van der Waals surface area contributed by atoms with Gasteiger partial charge in [-0.2, -0.15) is 0 Å². The van der Waals surface area contributed by atoms with Gasteiger partial charge in [0, 0.05) is 18.0 Å². The monoisotopic (exact) mass is 216 g/mol. The number of methoxy groups -OCH3 is 1. The van der Waals surface area contributed by atoms with E-state index in [1.165, 1.54) is 6.20 Å². The van der Waals surface area contributed by atoms with E-state index in [2.05, 4.69) is 9.97 Å². The molecule has 0 spiro atoms. The summed E-state index contributed by atoms with van der Waals surface area (Å²) in [6.07, 6.45) is 3.09. The summed E-state index contributed by atoms with van der Waals surface area (Å²) in [7, 11) is 1.61. The quantitative estimate of drug-likeness (QED) is 0.832. The van der Waals surface area contributed by atoms with Crippen LogP contribution in [0.5, 0.6) is 5.75 Å². The van der Waals surface area contributed by atoms with Crippen molar-refractivity contribution in [2.45, 2.75) is 6.92 Å². The summed E-state index contributed by atoms with van der Waals surface area (Å²) in [6.45, 7) is 1.92. The molecule has 0 fully saturated rings. The minimum atomic E-state index is -0.184. The number of hydrogen-bond acceptors (Lipinski definition) is 3. The first-order chi connectivity index (χ1) is 7.72. The van der Waals surface area contributed by atoms with Crippen LogP contribution in [-0.2, 0) is 0 Å². The van der Waals surface area contributed by atoms with Crippen LogP contribution in [0.4, 0.5) is 0 Å². The van der Waals surface area contributed by atoms with Gasteiger partial charge in [0.25, 0.3) is 5.56 Å². The average molecular weight is 216 g/mol. The molecule has 1 aromatic heterocycles. The molecule has 0 saturated heterocycles. The number of aryl methyl sites for hydroxylation is 1. The van der Waals surface area contributed by atoms with Gasteiger partial charge in [-0.1, -0.05) is 0 Å². The standard InChI is InChI=1S/C12H12N2O2/c1-8-7-9(16-2)3-4-10(8)11-12(15)14-6-5-13-11/h3-7H,1-2H3,(H,14,15). The Balaban J connectivity index is 2.57. The molecule has 2 aromatic rings. The zero-order valence-corrected chi connectivity index (χ0v) is 9.15. The van der Waals surface area contributed by atoms with Crippen LogP contribution in [0.25, 0.3) is 11.3 Å². The van der Waals surface area contributed by atoms with Crippen molar-refractivity contribution >= 4 is 0 Å². The predicted molar refractivity (Wildman–Crippen MR) is 61.6 cm³/mol. The van der Waals surface area contributed by atoms with Crippen LogP contribution in [0, 0.1) is 6.92 Å². The number of benzene rings is 1. The van der Waals surface area contributed by atoms with Gasteiger partial charge >= 0.3 is 0 Å². The van der Waals surface area contributed by atoms with Crippen molar-refractivity contribution in [1.29, 1.82) is 0 Å². The van der Waals surface area contributed by atoms with Crippen molar-refractivity contribution in [2.24, 2.45) is 0 Å². The molecule has 0 bridgehead atoms. The van der Waals surface area contributed by atoms with Crippen molar-refractivity contribution in [1.82, 2.24) is 9.97 Å². The smallest absolute Gasteiger partial charge is 0.274 e. The highest BCUT2D eigenvalue weighted by Crippen LogP contribution is 2.22. The minimum Gasteiger partial charge on any atom is -0.497 e. The summed E-state index contributed by atoms with van der Waals surface area (Å²) < 4.78 is 5.11. The molecule has 1 heterocycles. The van der Waals surface area contributed by atoms with E-state index in [0.717, 1.165) is 16.9 Å². The lowest BCUT2D eigenvalue weighted by molar-refractivity contribution is 0.414. The molecule has 16 heavy (non-hydrogen) atoms. The van der Waals surface area contributed by atoms with E-state index in [9.17, 15) is 4.79 Å². The molecule has 0 aliphatic carbocycles. The predicted octanol–water partition coefficient (Wildman–Crippen LogP) is 1.75. The molecule has 0 unspecified atom stereocenters. The molecule has 0 aliphatic heterocycles. The maximum absolute atomic E-state index is 11.6. The zero-order valence-electron chi connectivity index (χ0n) is 9.15. The summed E-state index contributed by atoms with van der Waals surface area (Å²) in [4.78, 5) is 18.3. The van der Waals surface area contributed by atoms with Crippen LogP contribution in [0.15, 0.2) is 35.4 Å². The van der Waals surface area contributed by atoms with Gasteiger partial charge in [0.15, 0.2) is 0 Å². The van der Waals surface area contributed by atoms with E-state index in [4.69, 9.17) is 4.74 Å². The first-order valence-electron chi connectivity index (χ1n) is 4.91. The van der Waals surface area contributed by atoms with Gasteiger partial charge in [-0.25, -0.2) is 4.98 Å². The molecule has 0 radical (unpaired) electrons. The highest BCUT2D eigenvalue weighted by molar-refractivity contribution is 5.63. The third-order valence-corrected chi connectivity index (χ3v) is 2.40. The normalized spacial score (nSPS) is 10.1. The Morgan fingerprint density at radius 1 is 1.38 bits per heavy atom. The molecule has 1 N–H and O–H groups in total. The van der Waals surface area contributed by atoms with Gasteiger partial charge in [0.2, 0.25) is 0 Å². The second-order valence-corrected chi connectivity index (χ2v) is 3.45. The van der Waals surface area contributed by atoms with Gasteiger partial charge in [-0.15, -0.1) is 0 Å². The van der Waals surface area contributed by atoms with E-state index in [-0.39, 0.29) is 5.56 Å². The number of nitrogens with zero attached hydrogens (tertiary/aromatic N) is 1. The van der Waals surface area contributed by atoms with Gasteiger partial charge < -0.3 is 9.72 Å². The number of aromatic amines is 1. The van der Waals surface area contributed by atoms with Crippen LogP contribution in [-0.4, -0.2) is 17.1 Å². The highest BCUT2D eigenvalue weighted by Gasteiger charge is 2.07. The van der Waals surface area contributed by atoms with Crippen molar-refractivity contribution < 1.29 is 4.74 Å². The summed E-state index contributed by atoms with van der Waals surface area (Å²) in [5, 5.41) is 0. The maximum atomic E-state index is 11.6. The molecular formula is C12H12N2O2. The molecule has 4 heteroatoms. The van der Waals surface area contributed by atoms with Crippen molar-refractivity contribution in [3.8, 4) is 17.0 Å². The SMILES string of the molecule is COc1ccc(-c2ncc[nH]c2=O)c(C)c1. The van der Waals surface area contributed by atoms with Crippen molar-refractivity contribution in [3.63, 3.8) is 0 Å². The van der Waals surface area contributed by atoms with Crippen molar-refractivity contribution in [2.75, 3.05) is 7.11 Å². The van der Waals surface area contributed by atoms with E-state index in [1.807, 2.05) is 25.1 Å². The lowest BCUT2D eigenvalue weighted by Gasteiger charge is -2.06. The Kier molecular flexibility index (Phi) is 2.72. The number of hydrogen-bond donors (Lipinski definition) is 1. The van der Waals surface area contributed by atoms with Gasteiger partial charge in [-0.3, -0.25) is 4.79 Å². The number of rotatable bonds is 2. The zero-order chi connectivity index (χ0) is 11.5. The number of nitrogens with one attached hydrogen (secondary N) is 1. The van der Waals surface area contributed by atoms with Gasteiger partial charge in [-0.05, 0) is 30.7 Å². The summed E-state index contributed by atoms with van der Waals surface area (Å²) >= 11 is 0. The summed E-state index contributed by atoms with van der Waals surface area (Å²) in [5.41, 5.74) is 2.03. The van der Waals surface area contributed by atoms with E-state index < -0.39 is 0 Å². The third kappa shape index (κ3) is 1.82. The Labute approximate surface area is 92.9 Å². The Bertz CT molecular complexity index is 561. The molecule has 82 valence electrons. The fraction of sp³-hybridized carbons (Fsp3) is 0.167. The number of H-pyrrole nitrogens is 1. The van der Waals surface area contributed by atoms with E-state index in [0.29, 0.717) is 5.69 Å². The van der Waals surface area contributed by atoms with Crippen LogP contribution in [0.2, 0.25) is 0 Å². The third-order valence-electron chi connectivity index (χ3n) is 2.40. The fourth-order valence-electron chi connectivity index (χ4n) is 1.57. The fourth-order valence-corrected chi connectivity index (χ4v) is 1.57. The Morgan fingerprint density at radius 3 is 2.81 bits per heavy atom. The molecule has 0 saturated carbocycles. The molecule has 1 aromatic carbocycles. The van der Waals surface area contributed by atoms with E-state index in [1.54, 1.807) is 13.3 Å². The summed E-state index contributed by atoms with van der Waals surface area (Å²) in [6, 6.07) is 5.53. The van der Waals surface area contributed by atoms with Crippen LogP contribution in [0.3, 0.4) is 0 Å². The topological polar surface area (TPSA) is 55.0 Å². The highest BCUT2D eigenvalue weighted by atomic mass is 16.5. The second-order valence-electron chi connectivity index (χ2n) is 3.45. The number of ether oxygens (including phenoxy) is 1. The lowest BCUT2D eigenvalue weighted by atomic mass is 10.1. The molecule has 0 atom stereocenters. The largest absolute Gasteiger partial charge is 0.497 e. The second kappa shape index (κ2) is 4.18. The van der Waals surface area contributed by atoms with Crippen molar-refractivity contribution in [3.05, 3.63) is 46.5 Å². The molecular weight excluding hydrogens is 204 g/mol. The number of aromatic nitrogens is 2. The maximum Gasteiger partial charge on any atom is 0.274 e. The van der Waals surface area contributed by atoms with Crippen LogP contribution >= 0.6 is 0 Å². The average Bonchev–Trinajstić information content (AvgIpc) is 2.30. The van der Waals surface area contributed by atoms with Crippen LogP contribution in [0.1, 0.15) is 5.56 Å². The van der Waals surface area contributed by atoms with Crippen LogP contribution < -0.4 is 10.3 Å². The first-order valence-corrected chi connectivity index (χ1v) is 4.91. The van der Waals surface area contributed by atoms with Gasteiger partial charge in [0.05, 0.1) is 7.11 Å². The Hall–Kier alpha value is -2.10. The summed E-state index contributed by atoms with van der Waals surface area (Å²) in [5.74, 6) is 0.772. The molecule has 2 rings (SSSR count). The molecule has 4 nitrogen and oxygen atoms in total. The van der Waals surface area contributed by atoms with E-state index >= 15 is 0 Å². The molecule has 0 amide bonds. The Morgan fingerprint density at radius 2 is 2.19 bits per heavy atom. The first kappa shape index (κ1) is 10.4.